The number of hydrogen-bond acceptors (Lipinski definition) is 6. The van der Waals surface area contributed by atoms with Gasteiger partial charge in [0.1, 0.15) is 5.75 Å². The Kier molecular flexibility index (Phi) is 6.41. The summed E-state index contributed by atoms with van der Waals surface area (Å²) in [6, 6.07) is 18.0. The van der Waals surface area contributed by atoms with Gasteiger partial charge in [-0.2, -0.15) is 0 Å². The molecule has 1 aromatic heterocycles. The number of methoxy groups -OCH3 is 1. The van der Waals surface area contributed by atoms with Gasteiger partial charge in [-0.05, 0) is 63.7 Å². The van der Waals surface area contributed by atoms with Crippen molar-refractivity contribution in [2.75, 3.05) is 7.11 Å². The lowest BCUT2D eigenvalue weighted by molar-refractivity contribution is -0.384. The molecular formula is C28H19Br2N3O4S. The van der Waals surface area contributed by atoms with Crippen molar-refractivity contribution >= 4 is 60.7 Å². The predicted octanol–water partition coefficient (Wildman–Crippen LogP) is 5.76. The second-order valence-corrected chi connectivity index (χ2v) is 11.8. The molecule has 0 N–H and O–H groups in total. The summed E-state index contributed by atoms with van der Waals surface area (Å²) >= 11 is 8.34. The van der Waals surface area contributed by atoms with Crippen molar-refractivity contribution in [3.8, 4) is 5.75 Å². The summed E-state index contributed by atoms with van der Waals surface area (Å²) in [5.41, 5.74) is 5.30. The van der Waals surface area contributed by atoms with Gasteiger partial charge < -0.3 is 4.74 Å². The zero-order valence-corrected chi connectivity index (χ0v) is 24.0. The van der Waals surface area contributed by atoms with Crippen molar-refractivity contribution in [3.63, 3.8) is 0 Å². The minimum Gasteiger partial charge on any atom is -0.495 e. The average Bonchev–Trinajstić information content (AvgIpc) is 3.21. The van der Waals surface area contributed by atoms with Crippen LogP contribution < -0.4 is 19.6 Å². The molecule has 0 radical (unpaired) electrons. The number of halogens is 2. The summed E-state index contributed by atoms with van der Waals surface area (Å²) < 4.78 is 9.37. The van der Waals surface area contributed by atoms with Crippen molar-refractivity contribution < 1.29 is 9.66 Å². The van der Waals surface area contributed by atoms with Gasteiger partial charge in [-0.25, -0.2) is 4.99 Å². The first kappa shape index (κ1) is 25.0. The number of fused-ring (bicyclic) bond motifs is 3. The predicted molar refractivity (Wildman–Crippen MR) is 154 cm³/mol. The lowest BCUT2D eigenvalue weighted by Gasteiger charge is -2.30. The van der Waals surface area contributed by atoms with Gasteiger partial charge in [0.2, 0.25) is 0 Å². The number of rotatable bonds is 4. The zero-order valence-electron chi connectivity index (χ0n) is 20.0. The average molecular weight is 653 g/mol. The number of hydrogen-bond donors (Lipinski definition) is 0. The molecule has 38 heavy (non-hydrogen) atoms. The van der Waals surface area contributed by atoms with E-state index in [9.17, 15) is 14.9 Å². The SMILES string of the molecule is COc1c(Br)cc(Br)cc1/C=c1/sc2n(c1=O)[C@@H](c1cccc([N+](=O)[O-])c1)C1=C(N=2)c2ccccc2CC1. The molecule has 0 saturated heterocycles. The third kappa shape index (κ3) is 4.16. The van der Waals surface area contributed by atoms with Crippen molar-refractivity contribution in [2.45, 2.75) is 18.9 Å². The molecule has 1 atom stereocenters. The van der Waals surface area contributed by atoms with Crippen LogP contribution in [0.2, 0.25) is 0 Å². The summed E-state index contributed by atoms with van der Waals surface area (Å²) in [4.78, 5) is 30.7. The number of aromatic nitrogens is 1. The number of ether oxygens (including phenoxy) is 1. The highest BCUT2D eigenvalue weighted by Crippen LogP contribution is 2.41. The molecular weight excluding hydrogens is 634 g/mol. The minimum absolute atomic E-state index is 0.0105. The Morgan fingerprint density at radius 3 is 2.74 bits per heavy atom. The monoisotopic (exact) mass is 651 g/mol. The molecule has 6 rings (SSSR count). The molecule has 0 amide bonds. The Balaban J connectivity index is 1.64. The smallest absolute Gasteiger partial charge is 0.271 e. The van der Waals surface area contributed by atoms with Crippen LogP contribution in [0.1, 0.15) is 34.7 Å². The third-order valence-electron chi connectivity index (χ3n) is 6.80. The molecule has 0 fully saturated rings. The quantitative estimate of drug-likeness (QED) is 0.207. The molecule has 1 aliphatic carbocycles. The van der Waals surface area contributed by atoms with E-state index in [2.05, 4.69) is 44.0 Å². The first-order chi connectivity index (χ1) is 18.4. The molecule has 0 saturated carbocycles. The molecule has 10 heteroatoms. The maximum absolute atomic E-state index is 14.0. The summed E-state index contributed by atoms with van der Waals surface area (Å²) in [6.07, 6.45) is 3.32. The van der Waals surface area contributed by atoms with Crippen LogP contribution in [0.15, 0.2) is 85.0 Å². The van der Waals surface area contributed by atoms with E-state index >= 15 is 0 Å². The summed E-state index contributed by atoms with van der Waals surface area (Å²) in [7, 11) is 1.58. The standard InChI is InChI=1S/C28H19Br2N3O4S/c1-37-26-17(11-18(29)14-22(26)30)13-23-27(34)32-25(16-6-4-7-19(12-16)33(35)36)21-10-9-15-5-2-3-8-20(15)24(21)31-28(32)38-23/h2-8,11-14,25H,9-10H2,1H3/b23-13+/t25-/m0/s1. The highest BCUT2D eigenvalue weighted by Gasteiger charge is 2.33. The van der Waals surface area contributed by atoms with Crippen LogP contribution in [0.3, 0.4) is 0 Å². The molecule has 2 heterocycles. The molecule has 3 aromatic carbocycles. The van der Waals surface area contributed by atoms with Crippen LogP contribution in [0.5, 0.6) is 5.75 Å². The van der Waals surface area contributed by atoms with Gasteiger partial charge in [0.25, 0.3) is 11.2 Å². The zero-order chi connectivity index (χ0) is 26.6. The van der Waals surface area contributed by atoms with Crippen LogP contribution >= 0.6 is 43.2 Å². The second kappa shape index (κ2) is 9.76. The van der Waals surface area contributed by atoms with E-state index < -0.39 is 11.0 Å². The molecule has 190 valence electrons. The van der Waals surface area contributed by atoms with Crippen LogP contribution in [-0.4, -0.2) is 16.6 Å². The Hall–Kier alpha value is -3.34. The van der Waals surface area contributed by atoms with E-state index in [1.54, 1.807) is 29.9 Å². The van der Waals surface area contributed by atoms with E-state index in [0.29, 0.717) is 27.1 Å². The van der Waals surface area contributed by atoms with Gasteiger partial charge in [0.15, 0.2) is 4.80 Å². The molecule has 7 nitrogen and oxygen atoms in total. The largest absolute Gasteiger partial charge is 0.495 e. The van der Waals surface area contributed by atoms with E-state index in [1.807, 2.05) is 30.3 Å². The third-order valence-corrected chi connectivity index (χ3v) is 8.83. The van der Waals surface area contributed by atoms with E-state index in [-0.39, 0.29) is 11.2 Å². The first-order valence-electron chi connectivity index (χ1n) is 11.8. The topological polar surface area (TPSA) is 86.7 Å². The molecule has 0 spiro atoms. The number of non-ortho nitro benzene ring substituents is 1. The molecule has 4 aromatic rings. The fourth-order valence-corrected chi connectivity index (χ4v) is 7.59. The van der Waals surface area contributed by atoms with E-state index in [4.69, 9.17) is 9.73 Å². The van der Waals surface area contributed by atoms with Crippen LogP contribution in [0.25, 0.3) is 11.8 Å². The van der Waals surface area contributed by atoms with Crippen molar-refractivity contribution in [1.82, 2.24) is 4.57 Å². The lowest BCUT2D eigenvalue weighted by atomic mass is 9.83. The van der Waals surface area contributed by atoms with Crippen molar-refractivity contribution in [1.29, 1.82) is 0 Å². The van der Waals surface area contributed by atoms with E-state index in [0.717, 1.165) is 37.8 Å². The van der Waals surface area contributed by atoms with Crippen LogP contribution in [0.4, 0.5) is 5.69 Å². The van der Waals surface area contributed by atoms with Crippen LogP contribution in [-0.2, 0) is 6.42 Å². The Morgan fingerprint density at radius 1 is 1.13 bits per heavy atom. The number of benzene rings is 3. The van der Waals surface area contributed by atoms with Crippen molar-refractivity contribution in [2.24, 2.45) is 4.99 Å². The van der Waals surface area contributed by atoms with Crippen LogP contribution in [0, 0.1) is 10.1 Å². The summed E-state index contributed by atoms with van der Waals surface area (Å²) in [6.45, 7) is 0. The first-order valence-corrected chi connectivity index (χ1v) is 14.2. The minimum atomic E-state index is -0.493. The fourth-order valence-electron chi connectivity index (χ4n) is 5.17. The molecule has 2 aliphatic rings. The van der Waals surface area contributed by atoms with Gasteiger partial charge in [-0.15, -0.1) is 0 Å². The number of nitro groups is 1. The lowest BCUT2D eigenvalue weighted by Crippen LogP contribution is -2.38. The number of thiazole rings is 1. The van der Waals surface area contributed by atoms with E-state index in [1.165, 1.54) is 23.0 Å². The van der Waals surface area contributed by atoms with Gasteiger partial charge in [0.05, 0.1) is 32.8 Å². The van der Waals surface area contributed by atoms with Crippen molar-refractivity contribution in [3.05, 3.63) is 127 Å². The van der Waals surface area contributed by atoms with Gasteiger partial charge in [-0.1, -0.05) is 63.7 Å². The number of allylic oxidation sites excluding steroid dienone is 1. The second-order valence-electron chi connectivity index (χ2n) is 8.98. The Labute approximate surface area is 237 Å². The highest BCUT2D eigenvalue weighted by atomic mass is 79.9. The number of nitrogens with zero attached hydrogens (tertiary/aromatic N) is 3. The van der Waals surface area contributed by atoms with Gasteiger partial charge in [0, 0.05) is 27.7 Å². The summed E-state index contributed by atoms with van der Waals surface area (Å²) in [5.74, 6) is 0.613. The Bertz CT molecular complexity index is 1860. The maximum atomic E-state index is 14.0. The van der Waals surface area contributed by atoms with Gasteiger partial charge >= 0.3 is 0 Å². The maximum Gasteiger partial charge on any atom is 0.271 e. The molecule has 1 aliphatic heterocycles. The molecule has 0 unspecified atom stereocenters. The number of nitro benzene ring substituents is 1. The highest BCUT2D eigenvalue weighted by molar-refractivity contribution is 9.11. The Morgan fingerprint density at radius 2 is 1.95 bits per heavy atom. The summed E-state index contributed by atoms with van der Waals surface area (Å²) in [5, 5.41) is 11.6. The fraction of sp³-hybridized carbons (Fsp3) is 0.143. The van der Waals surface area contributed by atoms with Gasteiger partial charge in [-0.3, -0.25) is 19.5 Å². The molecule has 0 bridgehead atoms. The normalized spacial score (nSPS) is 16.4. The number of aryl methyl sites for hydroxylation is 1.